The van der Waals surface area contributed by atoms with Crippen LogP contribution >= 0.6 is 15.9 Å². The molecule has 0 radical (unpaired) electrons. The molecule has 1 amide bonds. The summed E-state index contributed by atoms with van der Waals surface area (Å²) >= 11 is 3.36. The van der Waals surface area contributed by atoms with Gasteiger partial charge in [0.15, 0.2) is 0 Å². The Labute approximate surface area is 194 Å². The van der Waals surface area contributed by atoms with Crippen molar-refractivity contribution in [2.75, 3.05) is 5.32 Å². The molecule has 3 aromatic rings. The van der Waals surface area contributed by atoms with E-state index in [-0.39, 0.29) is 11.7 Å². The largest absolute Gasteiger partial charge is 0.507 e. The van der Waals surface area contributed by atoms with Gasteiger partial charge in [-0.15, -0.1) is 0 Å². The van der Waals surface area contributed by atoms with Gasteiger partial charge in [-0.2, -0.15) is 0 Å². The van der Waals surface area contributed by atoms with Crippen molar-refractivity contribution in [3.8, 4) is 5.75 Å². The maximum atomic E-state index is 12.7. The van der Waals surface area contributed by atoms with Crippen molar-refractivity contribution in [1.29, 1.82) is 0 Å². The Bertz CT molecular complexity index is 1130. The van der Waals surface area contributed by atoms with E-state index in [0.717, 1.165) is 21.5 Å². The van der Waals surface area contributed by atoms with E-state index >= 15 is 0 Å². The SMILES string of the molecule is C[C@@H](CC/C=C/C(=O)O)[C@H](OC(=O)Nc1ccc(Br)cc1)c1ccc(O)c2ccccc12. The number of amides is 1. The standard InChI is InChI=1S/C25H24BrNO5/c1-16(6-2-5-9-23(29)30)24(32-25(31)27-18-12-10-17(26)11-13-18)21-14-15-22(28)20-8-4-3-7-19(20)21/h3-5,7-16,24,28H,2,6H2,1H3,(H,27,31)(H,29,30)/b9-5+/t16-,24-/m0/s1. The van der Waals surface area contributed by atoms with Crippen LogP contribution < -0.4 is 5.32 Å². The van der Waals surface area contributed by atoms with Gasteiger partial charge < -0.3 is 14.9 Å². The normalized spacial score (nSPS) is 13.1. The molecule has 0 aromatic heterocycles. The average molecular weight is 498 g/mol. The lowest BCUT2D eigenvalue weighted by Gasteiger charge is -2.26. The number of benzene rings is 3. The molecule has 0 aliphatic rings. The summed E-state index contributed by atoms with van der Waals surface area (Å²) in [7, 11) is 0. The minimum Gasteiger partial charge on any atom is -0.507 e. The maximum absolute atomic E-state index is 12.7. The van der Waals surface area contributed by atoms with Crippen LogP contribution in [-0.4, -0.2) is 22.3 Å². The second-order valence-corrected chi connectivity index (χ2v) is 8.39. The van der Waals surface area contributed by atoms with Crippen LogP contribution in [0, 0.1) is 5.92 Å². The molecule has 0 fully saturated rings. The minimum atomic E-state index is -0.996. The zero-order valence-electron chi connectivity index (χ0n) is 17.5. The van der Waals surface area contributed by atoms with E-state index in [1.807, 2.05) is 43.3 Å². The summed E-state index contributed by atoms with van der Waals surface area (Å²) in [4.78, 5) is 23.4. The van der Waals surface area contributed by atoms with E-state index in [0.29, 0.717) is 23.9 Å². The molecule has 0 heterocycles. The summed E-state index contributed by atoms with van der Waals surface area (Å²) in [5.74, 6) is -0.958. The Morgan fingerprint density at radius 2 is 1.75 bits per heavy atom. The number of carboxylic acid groups (broad SMARTS) is 1. The Balaban J connectivity index is 1.87. The molecular formula is C25H24BrNO5. The van der Waals surface area contributed by atoms with Gasteiger partial charge >= 0.3 is 12.1 Å². The van der Waals surface area contributed by atoms with Crippen LogP contribution in [0.25, 0.3) is 10.8 Å². The van der Waals surface area contributed by atoms with Crippen molar-refractivity contribution in [2.45, 2.75) is 25.9 Å². The smallest absolute Gasteiger partial charge is 0.412 e. The summed E-state index contributed by atoms with van der Waals surface area (Å²) in [5.41, 5.74) is 1.38. The number of phenols is 1. The summed E-state index contributed by atoms with van der Waals surface area (Å²) in [6.45, 7) is 1.95. The second-order valence-electron chi connectivity index (χ2n) is 7.47. The first-order valence-electron chi connectivity index (χ1n) is 10.2. The molecule has 3 N–H and O–H groups in total. The van der Waals surface area contributed by atoms with Crippen molar-refractivity contribution in [1.82, 2.24) is 0 Å². The van der Waals surface area contributed by atoms with E-state index in [4.69, 9.17) is 9.84 Å². The number of aliphatic carboxylic acids is 1. The highest BCUT2D eigenvalue weighted by atomic mass is 79.9. The van der Waals surface area contributed by atoms with Crippen LogP contribution in [0.2, 0.25) is 0 Å². The highest BCUT2D eigenvalue weighted by Crippen LogP contribution is 2.37. The molecule has 3 aromatic carbocycles. The van der Waals surface area contributed by atoms with Crippen molar-refractivity contribution in [3.05, 3.63) is 82.9 Å². The fourth-order valence-corrected chi connectivity index (χ4v) is 3.80. The van der Waals surface area contributed by atoms with Crippen LogP contribution in [0.5, 0.6) is 5.75 Å². The molecule has 7 heteroatoms. The lowest BCUT2D eigenvalue weighted by atomic mass is 9.89. The van der Waals surface area contributed by atoms with Gasteiger partial charge in [-0.3, -0.25) is 5.32 Å². The van der Waals surface area contributed by atoms with Gasteiger partial charge in [-0.1, -0.05) is 59.3 Å². The Morgan fingerprint density at radius 1 is 1.06 bits per heavy atom. The minimum absolute atomic E-state index is 0.114. The zero-order chi connectivity index (χ0) is 23.1. The molecule has 0 unspecified atom stereocenters. The lowest BCUT2D eigenvalue weighted by molar-refractivity contribution is -0.131. The molecule has 0 aliphatic heterocycles. The number of fused-ring (bicyclic) bond motifs is 1. The van der Waals surface area contributed by atoms with Crippen molar-refractivity contribution in [3.63, 3.8) is 0 Å². The molecular weight excluding hydrogens is 474 g/mol. The van der Waals surface area contributed by atoms with Crippen molar-refractivity contribution >= 4 is 44.5 Å². The summed E-state index contributed by atoms with van der Waals surface area (Å²) in [6, 6.07) is 17.9. The number of hydrogen-bond acceptors (Lipinski definition) is 4. The second kappa shape index (κ2) is 10.8. The topological polar surface area (TPSA) is 95.9 Å². The summed E-state index contributed by atoms with van der Waals surface area (Å²) < 4.78 is 6.77. The molecule has 6 nitrogen and oxygen atoms in total. The molecule has 0 saturated carbocycles. The lowest BCUT2D eigenvalue weighted by Crippen LogP contribution is -2.22. The van der Waals surface area contributed by atoms with Gasteiger partial charge in [-0.25, -0.2) is 9.59 Å². The van der Waals surface area contributed by atoms with Gasteiger partial charge in [0.25, 0.3) is 0 Å². The third kappa shape index (κ3) is 6.11. The van der Waals surface area contributed by atoms with Crippen LogP contribution in [0.3, 0.4) is 0 Å². The van der Waals surface area contributed by atoms with Crippen LogP contribution in [-0.2, 0) is 9.53 Å². The van der Waals surface area contributed by atoms with Gasteiger partial charge in [-0.05, 0) is 54.5 Å². The molecule has 3 rings (SSSR count). The van der Waals surface area contributed by atoms with Gasteiger partial charge in [0.05, 0.1) is 0 Å². The number of phenolic OH excluding ortho intramolecular Hbond substituents is 1. The molecule has 166 valence electrons. The molecule has 0 saturated heterocycles. The summed E-state index contributed by atoms with van der Waals surface area (Å²) in [5, 5.41) is 23.3. The Hall–Kier alpha value is -3.32. The van der Waals surface area contributed by atoms with Gasteiger partial charge in [0, 0.05) is 27.2 Å². The Kier molecular flexibility index (Phi) is 7.89. The summed E-state index contributed by atoms with van der Waals surface area (Å²) in [6.07, 6.45) is 2.63. The van der Waals surface area contributed by atoms with E-state index < -0.39 is 18.2 Å². The van der Waals surface area contributed by atoms with Crippen LogP contribution in [0.4, 0.5) is 10.5 Å². The van der Waals surface area contributed by atoms with E-state index in [9.17, 15) is 14.7 Å². The average Bonchev–Trinajstić information content (AvgIpc) is 2.77. The maximum Gasteiger partial charge on any atom is 0.412 e. The first-order chi connectivity index (χ1) is 15.3. The molecule has 0 aliphatic carbocycles. The third-order valence-electron chi connectivity index (χ3n) is 5.13. The third-order valence-corrected chi connectivity index (χ3v) is 5.66. The number of aromatic hydroxyl groups is 1. The van der Waals surface area contributed by atoms with E-state index in [1.165, 1.54) is 0 Å². The van der Waals surface area contributed by atoms with Crippen LogP contribution in [0.15, 0.2) is 77.3 Å². The predicted molar refractivity (Wildman–Crippen MR) is 128 cm³/mol. The molecule has 2 atom stereocenters. The number of hydrogen-bond donors (Lipinski definition) is 3. The van der Waals surface area contributed by atoms with Gasteiger partial charge in [0.1, 0.15) is 11.9 Å². The number of halogens is 1. The first-order valence-corrected chi connectivity index (χ1v) is 11.0. The van der Waals surface area contributed by atoms with Crippen molar-refractivity contribution < 1.29 is 24.5 Å². The van der Waals surface area contributed by atoms with E-state index in [2.05, 4.69) is 21.2 Å². The number of anilines is 1. The highest BCUT2D eigenvalue weighted by Gasteiger charge is 2.26. The predicted octanol–water partition coefficient (Wildman–Crippen LogP) is 6.65. The molecule has 32 heavy (non-hydrogen) atoms. The highest BCUT2D eigenvalue weighted by molar-refractivity contribution is 9.10. The Morgan fingerprint density at radius 3 is 2.44 bits per heavy atom. The number of carbonyl (C=O) groups is 2. The number of carboxylic acids is 1. The zero-order valence-corrected chi connectivity index (χ0v) is 19.1. The molecule has 0 spiro atoms. The fourth-order valence-electron chi connectivity index (χ4n) is 3.53. The number of ether oxygens (including phenoxy) is 1. The first kappa shape index (κ1) is 23.3. The monoisotopic (exact) mass is 497 g/mol. The fraction of sp³-hybridized carbons (Fsp3) is 0.200. The van der Waals surface area contributed by atoms with Crippen molar-refractivity contribution in [2.24, 2.45) is 5.92 Å². The molecule has 0 bridgehead atoms. The van der Waals surface area contributed by atoms with E-state index in [1.54, 1.807) is 30.3 Å². The number of nitrogens with one attached hydrogen (secondary N) is 1. The van der Waals surface area contributed by atoms with Crippen LogP contribution in [0.1, 0.15) is 31.4 Å². The number of rotatable bonds is 8. The number of carbonyl (C=O) groups excluding carboxylic acids is 1. The number of allylic oxidation sites excluding steroid dienone is 1. The quantitative estimate of drug-likeness (QED) is 0.302. The van der Waals surface area contributed by atoms with Gasteiger partial charge in [0.2, 0.25) is 0 Å².